The van der Waals surface area contributed by atoms with Crippen molar-refractivity contribution >= 4 is 23.2 Å². The van der Waals surface area contributed by atoms with Crippen LogP contribution in [0.15, 0.2) is 18.2 Å². The van der Waals surface area contributed by atoms with Crippen molar-refractivity contribution in [2.45, 2.75) is 89.0 Å². The number of anilines is 2. The summed E-state index contributed by atoms with van der Waals surface area (Å²) in [5.41, 5.74) is -1.19. The van der Waals surface area contributed by atoms with E-state index in [1.54, 1.807) is 11.0 Å². The molecule has 2 amide bonds. The van der Waals surface area contributed by atoms with E-state index in [1.807, 2.05) is 4.90 Å². The number of halogens is 3. The zero-order valence-electron chi connectivity index (χ0n) is 20.7. The molecule has 0 aromatic heterocycles. The molecule has 6 nitrogen and oxygen atoms in total. The van der Waals surface area contributed by atoms with Crippen molar-refractivity contribution in [3.63, 3.8) is 0 Å². The number of carbonyl (C=O) groups is 2. The minimum atomic E-state index is -4.58. The molecule has 0 radical (unpaired) electrons. The molecule has 1 aromatic rings. The molecule has 2 saturated heterocycles. The van der Waals surface area contributed by atoms with Gasteiger partial charge in [-0.2, -0.15) is 13.2 Å². The second-order valence-electron chi connectivity index (χ2n) is 11.2. The molecule has 4 fully saturated rings. The van der Waals surface area contributed by atoms with E-state index in [4.69, 9.17) is 0 Å². The van der Waals surface area contributed by atoms with Gasteiger partial charge in [-0.15, -0.1) is 0 Å². The van der Waals surface area contributed by atoms with Gasteiger partial charge in [0.2, 0.25) is 11.8 Å². The molecule has 2 aliphatic carbocycles. The molecule has 4 aliphatic rings. The van der Waals surface area contributed by atoms with Gasteiger partial charge in [-0.3, -0.25) is 9.59 Å². The maximum Gasteiger partial charge on any atom is 0.418 e. The van der Waals surface area contributed by atoms with E-state index in [0.29, 0.717) is 45.2 Å². The van der Waals surface area contributed by atoms with Crippen LogP contribution in [0.3, 0.4) is 0 Å². The van der Waals surface area contributed by atoms with E-state index < -0.39 is 17.2 Å². The smallest absolute Gasteiger partial charge is 0.393 e. The summed E-state index contributed by atoms with van der Waals surface area (Å²) in [4.78, 5) is 29.7. The van der Waals surface area contributed by atoms with Crippen LogP contribution in [-0.2, 0) is 15.8 Å². The summed E-state index contributed by atoms with van der Waals surface area (Å²) in [6.45, 7) is 1.36. The van der Waals surface area contributed by atoms with Gasteiger partial charge in [0.1, 0.15) is 0 Å². The van der Waals surface area contributed by atoms with Crippen LogP contribution in [0, 0.1) is 11.3 Å². The van der Waals surface area contributed by atoms with Gasteiger partial charge >= 0.3 is 6.18 Å². The highest BCUT2D eigenvalue weighted by atomic mass is 19.4. The number of hydrogen-bond donors (Lipinski definition) is 2. The Kier molecular flexibility index (Phi) is 6.96. The lowest BCUT2D eigenvalue weighted by molar-refractivity contribution is -0.139. The molecule has 198 valence electrons. The largest absolute Gasteiger partial charge is 0.418 e. The Balaban J connectivity index is 1.34. The second-order valence-corrected chi connectivity index (χ2v) is 11.2. The van der Waals surface area contributed by atoms with Crippen molar-refractivity contribution in [3.8, 4) is 0 Å². The number of hydrogen-bond acceptors (Lipinski definition) is 4. The first-order valence-electron chi connectivity index (χ1n) is 13.4. The molecule has 2 heterocycles. The van der Waals surface area contributed by atoms with E-state index in [-0.39, 0.29) is 47.8 Å². The maximum absolute atomic E-state index is 14.2. The normalized spacial score (nSPS) is 29.8. The quantitative estimate of drug-likeness (QED) is 0.605. The number of nitrogens with zero attached hydrogens (tertiary/aromatic N) is 2. The lowest BCUT2D eigenvalue weighted by Gasteiger charge is -2.42. The molecule has 0 unspecified atom stereocenters. The van der Waals surface area contributed by atoms with Gasteiger partial charge < -0.3 is 20.2 Å². The topological polar surface area (TPSA) is 72.9 Å². The van der Waals surface area contributed by atoms with Crippen LogP contribution in [0.25, 0.3) is 0 Å². The first-order chi connectivity index (χ1) is 17.2. The fourth-order valence-electron chi connectivity index (χ4n) is 6.83. The number of amides is 2. The summed E-state index contributed by atoms with van der Waals surface area (Å²) in [6.07, 6.45) is 3.53. The predicted octanol–water partition coefficient (Wildman–Crippen LogP) is 4.96. The highest BCUT2D eigenvalue weighted by Gasteiger charge is 2.51. The molecule has 36 heavy (non-hydrogen) atoms. The van der Waals surface area contributed by atoms with Crippen molar-refractivity contribution in [1.82, 2.24) is 4.90 Å². The van der Waals surface area contributed by atoms with Gasteiger partial charge in [-0.05, 0) is 76.0 Å². The number of likely N-dealkylation sites (tertiary alicyclic amines) is 1. The highest BCUT2D eigenvalue weighted by molar-refractivity contribution is 5.93. The van der Waals surface area contributed by atoms with Crippen molar-refractivity contribution < 1.29 is 27.9 Å². The number of aliphatic hydroxyl groups is 1. The first kappa shape index (κ1) is 25.4. The van der Waals surface area contributed by atoms with E-state index in [2.05, 4.69) is 5.32 Å². The molecular formula is C27H36F3N3O3. The van der Waals surface area contributed by atoms with Crippen LogP contribution in [0.5, 0.6) is 0 Å². The van der Waals surface area contributed by atoms with Crippen LogP contribution in [0.4, 0.5) is 24.5 Å². The Labute approximate surface area is 210 Å². The molecule has 5 rings (SSSR count). The van der Waals surface area contributed by atoms with Crippen LogP contribution >= 0.6 is 0 Å². The molecule has 1 aromatic carbocycles. The summed E-state index contributed by atoms with van der Waals surface area (Å²) < 4.78 is 42.5. The standard InChI is InChI=1S/C27H36F3N3O3/c28-27(29,30)22-16-19(31-24(35)18-4-1-2-5-18)6-11-23(22)32-14-3-12-26(17-32)13-15-33(25(26)36)20-7-9-21(34)10-8-20/h6,11,16,18,20-21,34H,1-5,7-10,12-15,17H2,(H,31,35)/t20-,21-,26-/m1/s1. The van der Waals surface area contributed by atoms with E-state index in [1.165, 1.54) is 6.07 Å². The zero-order valence-corrected chi connectivity index (χ0v) is 20.7. The third-order valence-electron chi connectivity index (χ3n) is 8.87. The van der Waals surface area contributed by atoms with Crippen LogP contribution in [0.2, 0.25) is 0 Å². The molecule has 0 bridgehead atoms. The van der Waals surface area contributed by atoms with E-state index in [0.717, 1.165) is 44.6 Å². The van der Waals surface area contributed by atoms with Crippen molar-refractivity contribution in [2.24, 2.45) is 11.3 Å². The molecule has 2 saturated carbocycles. The summed E-state index contributed by atoms with van der Waals surface area (Å²) in [6, 6.07) is 4.16. The second kappa shape index (κ2) is 9.88. The monoisotopic (exact) mass is 507 g/mol. The Morgan fingerprint density at radius 2 is 1.72 bits per heavy atom. The molecule has 9 heteroatoms. The zero-order chi connectivity index (χ0) is 25.5. The lowest BCUT2D eigenvalue weighted by atomic mass is 9.78. The van der Waals surface area contributed by atoms with Gasteiger partial charge in [-0.25, -0.2) is 0 Å². The molecular weight excluding hydrogens is 471 g/mol. The van der Waals surface area contributed by atoms with Gasteiger partial charge in [-0.1, -0.05) is 12.8 Å². The molecule has 1 spiro atoms. The van der Waals surface area contributed by atoms with Gasteiger partial charge in [0.25, 0.3) is 0 Å². The minimum absolute atomic E-state index is 0.0580. The van der Waals surface area contributed by atoms with E-state index >= 15 is 0 Å². The number of alkyl halides is 3. The fourth-order valence-corrected chi connectivity index (χ4v) is 6.83. The Hall–Kier alpha value is -2.29. The lowest BCUT2D eigenvalue weighted by Crippen LogP contribution is -2.50. The number of carbonyl (C=O) groups excluding carboxylic acids is 2. The summed E-state index contributed by atoms with van der Waals surface area (Å²) in [7, 11) is 0. The third-order valence-corrected chi connectivity index (χ3v) is 8.87. The van der Waals surface area contributed by atoms with Crippen LogP contribution in [0.1, 0.15) is 76.2 Å². The van der Waals surface area contributed by atoms with Gasteiger partial charge in [0.15, 0.2) is 0 Å². The number of nitrogens with one attached hydrogen (secondary N) is 1. The summed E-state index contributed by atoms with van der Waals surface area (Å²) in [5.74, 6) is -0.288. The Bertz CT molecular complexity index is 986. The number of benzene rings is 1. The SMILES string of the molecule is O=C(Nc1ccc(N2CCC[C@@]3(CCN([C@H]4CC[C@H](O)CC4)C3=O)C2)c(C(F)(F)F)c1)C1CCCC1. The number of rotatable bonds is 4. The Morgan fingerprint density at radius 3 is 2.42 bits per heavy atom. The Morgan fingerprint density at radius 1 is 1.00 bits per heavy atom. The molecule has 2 N–H and O–H groups in total. The van der Waals surface area contributed by atoms with Gasteiger partial charge in [0.05, 0.1) is 17.1 Å². The van der Waals surface area contributed by atoms with E-state index in [9.17, 15) is 27.9 Å². The van der Waals surface area contributed by atoms with Crippen molar-refractivity contribution in [3.05, 3.63) is 23.8 Å². The van der Waals surface area contributed by atoms with Crippen molar-refractivity contribution in [2.75, 3.05) is 29.9 Å². The minimum Gasteiger partial charge on any atom is -0.393 e. The first-order valence-corrected chi connectivity index (χ1v) is 13.4. The predicted molar refractivity (Wildman–Crippen MR) is 131 cm³/mol. The third kappa shape index (κ3) is 4.95. The highest BCUT2D eigenvalue weighted by Crippen LogP contribution is 2.46. The van der Waals surface area contributed by atoms with Crippen LogP contribution in [-0.4, -0.2) is 53.6 Å². The average molecular weight is 508 g/mol. The number of aliphatic hydroxyl groups excluding tert-OH is 1. The van der Waals surface area contributed by atoms with Crippen LogP contribution < -0.4 is 10.2 Å². The fraction of sp³-hybridized carbons (Fsp3) is 0.704. The number of piperidine rings is 1. The summed E-state index contributed by atoms with van der Waals surface area (Å²) in [5, 5.41) is 12.5. The molecule has 1 atom stereocenters. The van der Waals surface area contributed by atoms with Gasteiger partial charge in [0, 0.05) is 43.0 Å². The maximum atomic E-state index is 14.2. The van der Waals surface area contributed by atoms with Crippen molar-refractivity contribution in [1.29, 1.82) is 0 Å². The summed E-state index contributed by atoms with van der Waals surface area (Å²) >= 11 is 0. The average Bonchev–Trinajstić information content (AvgIpc) is 3.49. The molecule has 2 aliphatic heterocycles.